The monoisotopic (exact) mass is 350 g/mol. The summed E-state index contributed by atoms with van der Waals surface area (Å²) in [5, 5.41) is 0. The lowest BCUT2D eigenvalue weighted by Gasteiger charge is -2.24. The van der Waals surface area contributed by atoms with Crippen molar-refractivity contribution in [2.24, 2.45) is 5.92 Å². The lowest BCUT2D eigenvalue weighted by atomic mass is 10.1. The van der Waals surface area contributed by atoms with E-state index in [4.69, 9.17) is 4.18 Å². The maximum atomic E-state index is 10.8. The van der Waals surface area contributed by atoms with E-state index in [1.807, 2.05) is 0 Å². The van der Waals surface area contributed by atoms with Gasteiger partial charge in [-0.1, -0.05) is 84.0 Å². The fourth-order valence-electron chi connectivity index (χ4n) is 3.18. The third-order valence-electron chi connectivity index (χ3n) is 4.01. The second-order valence-electron chi connectivity index (χ2n) is 7.87. The van der Waals surface area contributed by atoms with E-state index in [1.54, 1.807) is 0 Å². The average molecular weight is 351 g/mol. The minimum absolute atomic E-state index is 0.342. The molecule has 0 unspecified atom stereocenters. The van der Waals surface area contributed by atoms with Gasteiger partial charge < -0.3 is 0 Å². The van der Waals surface area contributed by atoms with Crippen molar-refractivity contribution < 1.29 is 12.6 Å². The second kappa shape index (κ2) is 11.6. The predicted octanol–water partition coefficient (Wildman–Crippen LogP) is 5.45. The molecule has 0 N–H and O–H groups in total. The highest BCUT2D eigenvalue weighted by Gasteiger charge is 2.20. The molecule has 0 aromatic heterocycles. The second-order valence-corrected chi connectivity index (χ2v) is 14.7. The summed E-state index contributed by atoms with van der Waals surface area (Å²) in [4.78, 5) is 0. The van der Waals surface area contributed by atoms with Crippen molar-refractivity contribution in [1.29, 1.82) is 0 Å². The van der Waals surface area contributed by atoms with Crippen molar-refractivity contribution in [3.63, 3.8) is 0 Å². The van der Waals surface area contributed by atoms with E-state index < -0.39 is 18.2 Å². The molecule has 5 heteroatoms. The highest BCUT2D eigenvalue weighted by Crippen LogP contribution is 2.24. The summed E-state index contributed by atoms with van der Waals surface area (Å²) >= 11 is 0. The Balaban J connectivity index is 3.34. The Labute approximate surface area is 140 Å². The van der Waals surface area contributed by atoms with Gasteiger partial charge in [0, 0.05) is 8.07 Å². The highest BCUT2D eigenvalue weighted by molar-refractivity contribution is 7.85. The zero-order chi connectivity index (χ0) is 17.1. The Morgan fingerprint density at radius 1 is 0.864 bits per heavy atom. The van der Waals surface area contributed by atoms with Crippen LogP contribution in [0.5, 0.6) is 0 Å². The van der Waals surface area contributed by atoms with Crippen LogP contribution in [0, 0.1) is 5.92 Å². The zero-order valence-electron chi connectivity index (χ0n) is 15.5. The van der Waals surface area contributed by atoms with E-state index in [2.05, 4.69) is 26.9 Å². The molecule has 0 aliphatic carbocycles. The fraction of sp³-hybridized carbons (Fsp3) is 1.00. The number of hydrogen-bond acceptors (Lipinski definition) is 3. The minimum atomic E-state index is -3.25. The Morgan fingerprint density at radius 3 is 1.77 bits per heavy atom. The van der Waals surface area contributed by atoms with Crippen LogP contribution in [0.25, 0.3) is 0 Å². The van der Waals surface area contributed by atoms with E-state index in [-0.39, 0.29) is 0 Å². The lowest BCUT2D eigenvalue weighted by Crippen LogP contribution is -2.26. The SMILES string of the molecule is CC(C)C[Si](C)(C)CCCCCCCCCCOS(C)(=O)=O. The van der Waals surface area contributed by atoms with Crippen LogP contribution in [0.2, 0.25) is 25.2 Å². The molecule has 134 valence electrons. The third-order valence-corrected chi connectivity index (χ3v) is 8.23. The van der Waals surface area contributed by atoms with Crippen molar-refractivity contribution in [2.45, 2.75) is 90.4 Å². The van der Waals surface area contributed by atoms with Gasteiger partial charge in [0.05, 0.1) is 12.9 Å². The number of hydrogen-bond donors (Lipinski definition) is 0. The molecule has 22 heavy (non-hydrogen) atoms. The quantitative estimate of drug-likeness (QED) is 0.238. The summed E-state index contributed by atoms with van der Waals surface area (Å²) in [6.07, 6.45) is 11.0. The van der Waals surface area contributed by atoms with Crippen LogP contribution >= 0.6 is 0 Å². The molecule has 0 spiro atoms. The first-order valence-corrected chi connectivity index (χ1v) is 14.2. The average Bonchev–Trinajstić information content (AvgIpc) is 2.32. The molecule has 0 aromatic rings. The van der Waals surface area contributed by atoms with Crippen LogP contribution in [0.4, 0.5) is 0 Å². The smallest absolute Gasteiger partial charge is 0.264 e. The summed E-state index contributed by atoms with van der Waals surface area (Å²) < 4.78 is 26.3. The van der Waals surface area contributed by atoms with Gasteiger partial charge in [-0.05, 0) is 12.3 Å². The molecule has 0 radical (unpaired) electrons. The molecule has 0 bridgehead atoms. The summed E-state index contributed by atoms with van der Waals surface area (Å²) in [6.45, 7) is 10.1. The summed E-state index contributed by atoms with van der Waals surface area (Å²) in [7, 11) is -4.18. The Kier molecular flexibility index (Phi) is 11.7. The molecule has 0 aliphatic heterocycles. The van der Waals surface area contributed by atoms with Crippen LogP contribution in [0.3, 0.4) is 0 Å². The summed E-state index contributed by atoms with van der Waals surface area (Å²) in [5.74, 6) is 0.855. The first kappa shape index (κ1) is 22.1. The van der Waals surface area contributed by atoms with Gasteiger partial charge in [-0.15, -0.1) is 0 Å². The fourth-order valence-corrected chi connectivity index (χ4v) is 7.23. The molecule has 0 amide bonds. The van der Waals surface area contributed by atoms with Crippen molar-refractivity contribution >= 4 is 18.2 Å². The van der Waals surface area contributed by atoms with Crippen molar-refractivity contribution in [3.8, 4) is 0 Å². The van der Waals surface area contributed by atoms with Gasteiger partial charge in [0.25, 0.3) is 10.1 Å². The van der Waals surface area contributed by atoms with Crippen LogP contribution in [0.1, 0.15) is 65.2 Å². The molecule has 0 aromatic carbocycles. The first-order valence-electron chi connectivity index (χ1n) is 8.97. The van der Waals surface area contributed by atoms with Gasteiger partial charge >= 0.3 is 0 Å². The van der Waals surface area contributed by atoms with Crippen LogP contribution in [-0.4, -0.2) is 29.4 Å². The van der Waals surface area contributed by atoms with E-state index in [0.29, 0.717) is 6.61 Å². The highest BCUT2D eigenvalue weighted by atomic mass is 32.2. The van der Waals surface area contributed by atoms with Gasteiger partial charge in [0.2, 0.25) is 0 Å². The van der Waals surface area contributed by atoms with Gasteiger partial charge in [-0.3, -0.25) is 4.18 Å². The maximum Gasteiger partial charge on any atom is 0.264 e. The molecule has 0 atom stereocenters. The van der Waals surface area contributed by atoms with Crippen LogP contribution in [0.15, 0.2) is 0 Å². The normalized spacial score (nSPS) is 13.0. The van der Waals surface area contributed by atoms with E-state index in [1.165, 1.54) is 50.6 Å². The standard InChI is InChI=1S/C17H38O3SSi/c1-17(2)16-22(4,5)15-13-11-9-7-6-8-10-12-14-20-21(3,18)19/h17H,6-16H2,1-5H3. The molecular formula is C17H38O3SSi. The van der Waals surface area contributed by atoms with E-state index in [9.17, 15) is 8.42 Å². The van der Waals surface area contributed by atoms with Crippen LogP contribution in [-0.2, 0) is 14.3 Å². The molecule has 0 fully saturated rings. The van der Waals surface area contributed by atoms with Gasteiger partial charge in [-0.25, -0.2) is 0 Å². The topological polar surface area (TPSA) is 43.4 Å². The molecule has 0 aliphatic rings. The van der Waals surface area contributed by atoms with Gasteiger partial charge in [0.15, 0.2) is 0 Å². The molecular weight excluding hydrogens is 312 g/mol. The van der Waals surface area contributed by atoms with Crippen LogP contribution < -0.4 is 0 Å². The molecule has 0 rings (SSSR count). The van der Waals surface area contributed by atoms with E-state index in [0.717, 1.165) is 25.0 Å². The van der Waals surface area contributed by atoms with Crippen molar-refractivity contribution in [1.82, 2.24) is 0 Å². The first-order chi connectivity index (χ1) is 10.1. The van der Waals surface area contributed by atoms with Crippen molar-refractivity contribution in [3.05, 3.63) is 0 Å². The minimum Gasteiger partial charge on any atom is -0.270 e. The predicted molar refractivity (Wildman–Crippen MR) is 99.7 cm³/mol. The van der Waals surface area contributed by atoms with Gasteiger partial charge in [0.1, 0.15) is 0 Å². The Bertz CT molecular complexity index is 364. The third kappa shape index (κ3) is 16.5. The van der Waals surface area contributed by atoms with Gasteiger partial charge in [-0.2, -0.15) is 8.42 Å². The summed E-state index contributed by atoms with van der Waals surface area (Å²) in [5.41, 5.74) is 0. The van der Waals surface area contributed by atoms with E-state index >= 15 is 0 Å². The largest absolute Gasteiger partial charge is 0.270 e. The Morgan fingerprint density at radius 2 is 1.32 bits per heavy atom. The lowest BCUT2D eigenvalue weighted by molar-refractivity contribution is 0.309. The Hall–Kier alpha value is 0.127. The molecule has 3 nitrogen and oxygen atoms in total. The molecule has 0 saturated carbocycles. The molecule has 0 saturated heterocycles. The zero-order valence-corrected chi connectivity index (χ0v) is 17.3. The summed E-state index contributed by atoms with van der Waals surface area (Å²) in [6, 6.07) is 2.94. The molecule has 0 heterocycles. The van der Waals surface area contributed by atoms with Crippen molar-refractivity contribution in [2.75, 3.05) is 12.9 Å². The maximum absolute atomic E-state index is 10.8. The number of rotatable bonds is 14. The number of unbranched alkanes of at least 4 members (excludes halogenated alkanes) is 7.